The number of nitrogens with zero attached hydrogens (tertiary/aromatic N) is 3. The molecule has 0 unspecified atom stereocenters. The topological polar surface area (TPSA) is 87.5 Å². The number of carboxylic acids is 1. The van der Waals surface area contributed by atoms with Crippen molar-refractivity contribution in [1.29, 1.82) is 0 Å². The zero-order valence-corrected chi connectivity index (χ0v) is 11.6. The highest BCUT2D eigenvalue weighted by Crippen LogP contribution is 2.20. The van der Waals surface area contributed by atoms with Crippen molar-refractivity contribution in [3.63, 3.8) is 0 Å². The zero-order chi connectivity index (χ0) is 14.5. The second kappa shape index (κ2) is 6.40. The Balaban J connectivity index is 1.74. The summed E-state index contributed by atoms with van der Waals surface area (Å²) in [4.78, 5) is 24.4. The lowest BCUT2D eigenvalue weighted by molar-refractivity contribution is -0.138. The smallest absolute Gasteiger partial charge is 0.317 e. The number of carboxylic acid groups (broad SMARTS) is 1. The highest BCUT2D eigenvalue weighted by atomic mass is 16.4. The van der Waals surface area contributed by atoms with Gasteiger partial charge in [0, 0.05) is 32.8 Å². The average Bonchev–Trinajstić information content (AvgIpc) is 2.82. The van der Waals surface area contributed by atoms with Gasteiger partial charge in [0.05, 0.1) is 12.2 Å². The summed E-state index contributed by atoms with van der Waals surface area (Å²) in [6.07, 6.45) is 3.40. The van der Waals surface area contributed by atoms with Crippen molar-refractivity contribution in [3.05, 3.63) is 18.0 Å². The Kier molecular flexibility index (Phi) is 4.60. The van der Waals surface area contributed by atoms with Crippen molar-refractivity contribution in [2.24, 2.45) is 13.0 Å². The molecule has 1 aliphatic rings. The third-order valence-corrected chi connectivity index (χ3v) is 3.71. The SMILES string of the molecule is Cn1nccc1CNC(=O)N1CCC(CC(=O)O)CC1. The fourth-order valence-corrected chi connectivity index (χ4v) is 2.44. The summed E-state index contributed by atoms with van der Waals surface area (Å²) >= 11 is 0. The van der Waals surface area contributed by atoms with Gasteiger partial charge in [-0.1, -0.05) is 0 Å². The minimum absolute atomic E-state index is 0.0972. The van der Waals surface area contributed by atoms with E-state index < -0.39 is 5.97 Å². The monoisotopic (exact) mass is 280 g/mol. The Labute approximate surface area is 117 Å². The van der Waals surface area contributed by atoms with Crippen molar-refractivity contribution < 1.29 is 14.7 Å². The molecule has 0 atom stereocenters. The number of piperidine rings is 1. The fraction of sp³-hybridized carbons (Fsp3) is 0.615. The van der Waals surface area contributed by atoms with Crippen molar-refractivity contribution in [2.45, 2.75) is 25.8 Å². The van der Waals surface area contributed by atoms with Crippen molar-refractivity contribution >= 4 is 12.0 Å². The van der Waals surface area contributed by atoms with E-state index in [1.54, 1.807) is 15.8 Å². The maximum Gasteiger partial charge on any atom is 0.317 e. The van der Waals surface area contributed by atoms with Gasteiger partial charge < -0.3 is 15.3 Å². The van der Waals surface area contributed by atoms with Gasteiger partial charge in [-0.25, -0.2) is 4.79 Å². The first-order valence-electron chi connectivity index (χ1n) is 6.77. The fourth-order valence-electron chi connectivity index (χ4n) is 2.44. The molecule has 2 N–H and O–H groups in total. The Bertz CT molecular complexity index is 478. The van der Waals surface area contributed by atoms with E-state index in [4.69, 9.17) is 5.11 Å². The molecule has 2 rings (SSSR count). The lowest BCUT2D eigenvalue weighted by Crippen LogP contribution is -2.44. The van der Waals surface area contributed by atoms with Crippen LogP contribution in [0, 0.1) is 5.92 Å². The predicted molar refractivity (Wildman–Crippen MR) is 72.0 cm³/mol. The number of nitrogens with one attached hydrogen (secondary N) is 1. The van der Waals surface area contributed by atoms with Gasteiger partial charge in [0.25, 0.3) is 0 Å². The van der Waals surface area contributed by atoms with Crippen molar-refractivity contribution in [3.8, 4) is 0 Å². The van der Waals surface area contributed by atoms with E-state index in [1.807, 2.05) is 13.1 Å². The number of hydrogen-bond donors (Lipinski definition) is 2. The first kappa shape index (κ1) is 14.4. The Hall–Kier alpha value is -2.05. The Morgan fingerprint density at radius 2 is 2.15 bits per heavy atom. The maximum atomic E-state index is 12.0. The van der Waals surface area contributed by atoms with Crippen LogP contribution in [0.15, 0.2) is 12.3 Å². The molecule has 0 radical (unpaired) electrons. The summed E-state index contributed by atoms with van der Waals surface area (Å²) in [7, 11) is 1.83. The summed E-state index contributed by atoms with van der Waals surface area (Å²) < 4.78 is 1.72. The quantitative estimate of drug-likeness (QED) is 0.854. The van der Waals surface area contributed by atoms with Crippen molar-refractivity contribution in [2.75, 3.05) is 13.1 Å². The number of carbonyl (C=O) groups is 2. The molecule has 2 amide bonds. The van der Waals surface area contributed by atoms with Gasteiger partial charge in [0.15, 0.2) is 0 Å². The molecule has 7 heteroatoms. The molecule has 2 heterocycles. The molecule has 1 saturated heterocycles. The first-order chi connectivity index (χ1) is 9.56. The van der Waals surface area contributed by atoms with Gasteiger partial charge >= 0.3 is 12.0 Å². The van der Waals surface area contributed by atoms with Crippen LogP contribution in [0.5, 0.6) is 0 Å². The molecular formula is C13H20N4O3. The van der Waals surface area contributed by atoms with E-state index in [-0.39, 0.29) is 18.4 Å². The highest BCUT2D eigenvalue weighted by molar-refractivity contribution is 5.74. The number of aliphatic carboxylic acids is 1. The van der Waals surface area contributed by atoms with Gasteiger partial charge in [0.2, 0.25) is 0 Å². The summed E-state index contributed by atoms with van der Waals surface area (Å²) in [5.41, 5.74) is 0.944. The molecule has 110 valence electrons. The summed E-state index contributed by atoms with van der Waals surface area (Å²) in [5.74, 6) is -0.572. The van der Waals surface area contributed by atoms with E-state index in [0.717, 1.165) is 18.5 Å². The van der Waals surface area contributed by atoms with Gasteiger partial charge in [-0.05, 0) is 24.8 Å². The van der Waals surface area contributed by atoms with Crippen LogP contribution in [0.4, 0.5) is 4.79 Å². The van der Waals surface area contributed by atoms with Crippen LogP contribution in [-0.4, -0.2) is 44.9 Å². The predicted octanol–water partition coefficient (Wildman–Crippen LogP) is 0.816. The number of amides is 2. The van der Waals surface area contributed by atoms with Crippen molar-refractivity contribution in [1.82, 2.24) is 20.0 Å². The number of urea groups is 1. The van der Waals surface area contributed by atoms with Gasteiger partial charge in [-0.3, -0.25) is 9.48 Å². The number of hydrogen-bond acceptors (Lipinski definition) is 3. The lowest BCUT2D eigenvalue weighted by atomic mass is 9.94. The second-order valence-electron chi connectivity index (χ2n) is 5.13. The van der Waals surface area contributed by atoms with Crippen LogP contribution >= 0.6 is 0 Å². The van der Waals surface area contributed by atoms with Gasteiger partial charge in [0.1, 0.15) is 0 Å². The maximum absolute atomic E-state index is 12.0. The molecule has 1 aromatic rings. The molecule has 7 nitrogen and oxygen atoms in total. The standard InChI is InChI=1S/C13H20N4O3/c1-16-11(2-5-15-16)9-14-13(20)17-6-3-10(4-7-17)8-12(18)19/h2,5,10H,3-4,6-9H2,1H3,(H,14,20)(H,18,19). The third-order valence-electron chi connectivity index (χ3n) is 3.71. The number of rotatable bonds is 4. The van der Waals surface area contributed by atoms with E-state index in [2.05, 4.69) is 10.4 Å². The molecule has 1 aromatic heterocycles. The molecular weight excluding hydrogens is 260 g/mol. The van der Waals surface area contributed by atoms with Gasteiger partial charge in [-0.15, -0.1) is 0 Å². The number of aromatic nitrogens is 2. The van der Waals surface area contributed by atoms with Crippen LogP contribution in [0.1, 0.15) is 25.0 Å². The molecule has 0 aromatic carbocycles. The molecule has 0 spiro atoms. The summed E-state index contributed by atoms with van der Waals surface area (Å²) in [6.45, 7) is 1.69. The molecule has 1 fully saturated rings. The van der Waals surface area contributed by atoms with Crippen LogP contribution in [0.3, 0.4) is 0 Å². The third kappa shape index (κ3) is 3.72. The number of carbonyl (C=O) groups excluding carboxylic acids is 1. The lowest BCUT2D eigenvalue weighted by Gasteiger charge is -2.31. The number of likely N-dealkylation sites (tertiary alicyclic amines) is 1. The minimum Gasteiger partial charge on any atom is -0.481 e. The van der Waals surface area contributed by atoms with E-state index in [9.17, 15) is 9.59 Å². The normalized spacial score (nSPS) is 16.1. The summed E-state index contributed by atoms with van der Waals surface area (Å²) in [5, 5.41) is 15.7. The van der Waals surface area contributed by atoms with Gasteiger partial charge in [-0.2, -0.15) is 5.10 Å². The van der Waals surface area contributed by atoms with Crippen LogP contribution in [0.25, 0.3) is 0 Å². The molecule has 20 heavy (non-hydrogen) atoms. The molecule has 0 saturated carbocycles. The van der Waals surface area contributed by atoms with Crippen LogP contribution in [-0.2, 0) is 18.4 Å². The van der Waals surface area contributed by atoms with E-state index in [0.29, 0.717) is 19.6 Å². The second-order valence-corrected chi connectivity index (χ2v) is 5.13. The first-order valence-corrected chi connectivity index (χ1v) is 6.77. The highest BCUT2D eigenvalue weighted by Gasteiger charge is 2.24. The van der Waals surface area contributed by atoms with E-state index >= 15 is 0 Å². The Morgan fingerprint density at radius 1 is 1.45 bits per heavy atom. The zero-order valence-electron chi connectivity index (χ0n) is 11.6. The minimum atomic E-state index is -0.760. The Morgan fingerprint density at radius 3 is 2.70 bits per heavy atom. The van der Waals surface area contributed by atoms with E-state index in [1.165, 1.54) is 0 Å². The van der Waals surface area contributed by atoms with Crippen LogP contribution < -0.4 is 5.32 Å². The van der Waals surface area contributed by atoms with Crippen LogP contribution in [0.2, 0.25) is 0 Å². The number of aryl methyl sites for hydroxylation is 1. The molecule has 1 aliphatic heterocycles. The average molecular weight is 280 g/mol. The molecule has 0 bridgehead atoms. The summed E-state index contributed by atoms with van der Waals surface area (Å²) in [6, 6.07) is 1.76. The molecule has 0 aliphatic carbocycles. The largest absolute Gasteiger partial charge is 0.481 e.